The summed E-state index contributed by atoms with van der Waals surface area (Å²) in [7, 11) is 1.81. The zero-order valence-corrected chi connectivity index (χ0v) is 13.6. The molecule has 2 aliphatic carbocycles. The minimum Gasteiger partial charge on any atom is -0.354 e. The second-order valence-corrected chi connectivity index (χ2v) is 6.61. The number of aryl methyl sites for hydroxylation is 1. The Balaban J connectivity index is 1.48. The molecule has 3 unspecified atom stereocenters. The summed E-state index contributed by atoms with van der Waals surface area (Å²) < 4.78 is 4.98. The van der Waals surface area contributed by atoms with Gasteiger partial charge in [0, 0.05) is 20.0 Å². The summed E-state index contributed by atoms with van der Waals surface area (Å²) in [5.41, 5.74) is 0. The second-order valence-electron chi connectivity index (χ2n) is 6.61. The first-order valence-electron chi connectivity index (χ1n) is 8.51. The molecular weight excluding hydrogens is 278 g/mol. The van der Waals surface area contributed by atoms with E-state index in [-0.39, 0.29) is 0 Å². The molecule has 0 aliphatic heterocycles. The third kappa shape index (κ3) is 3.78. The Bertz CT molecular complexity index is 512. The summed E-state index contributed by atoms with van der Waals surface area (Å²) in [4.78, 5) is 8.51. The van der Waals surface area contributed by atoms with Gasteiger partial charge in [0.05, 0.1) is 6.54 Å². The van der Waals surface area contributed by atoms with E-state index in [4.69, 9.17) is 4.52 Å². The summed E-state index contributed by atoms with van der Waals surface area (Å²) in [6, 6.07) is 0.539. The summed E-state index contributed by atoms with van der Waals surface area (Å²) in [6.45, 7) is 2.34. The van der Waals surface area contributed by atoms with Crippen LogP contribution in [0.15, 0.2) is 9.52 Å². The molecule has 0 amide bonds. The minimum atomic E-state index is 0.537. The van der Waals surface area contributed by atoms with Gasteiger partial charge in [0.2, 0.25) is 5.89 Å². The highest BCUT2D eigenvalue weighted by Crippen LogP contribution is 2.40. The molecule has 0 bridgehead atoms. The predicted octanol–water partition coefficient (Wildman–Crippen LogP) is 2.40. The molecule has 22 heavy (non-hydrogen) atoms. The van der Waals surface area contributed by atoms with Gasteiger partial charge >= 0.3 is 0 Å². The van der Waals surface area contributed by atoms with Gasteiger partial charge in [-0.2, -0.15) is 4.98 Å². The highest BCUT2D eigenvalue weighted by Gasteiger charge is 2.32. The van der Waals surface area contributed by atoms with Crippen LogP contribution in [-0.4, -0.2) is 29.2 Å². The number of aliphatic imine (C=N–C) groups is 1. The van der Waals surface area contributed by atoms with Crippen molar-refractivity contribution in [2.75, 3.05) is 7.05 Å². The molecule has 6 heteroatoms. The Kier molecular flexibility index (Phi) is 4.95. The lowest BCUT2D eigenvalue weighted by Crippen LogP contribution is -2.46. The van der Waals surface area contributed by atoms with Crippen LogP contribution in [0.3, 0.4) is 0 Å². The van der Waals surface area contributed by atoms with Crippen LogP contribution in [0.5, 0.6) is 0 Å². The van der Waals surface area contributed by atoms with Crippen molar-refractivity contribution in [2.45, 2.75) is 64.5 Å². The number of guanidine groups is 1. The van der Waals surface area contributed by atoms with E-state index in [9.17, 15) is 0 Å². The molecule has 2 saturated carbocycles. The fourth-order valence-corrected chi connectivity index (χ4v) is 3.97. The summed E-state index contributed by atoms with van der Waals surface area (Å²) in [5, 5.41) is 10.7. The molecule has 1 aromatic rings. The standard InChI is InChI=1S/C16H27N5O/c1-11-19-15(21-22-11)10-18-16(17-2)20-14-8-7-12-5-3-4-6-13(12)9-14/h12-14H,3-10H2,1-2H3,(H2,17,18,20). The van der Waals surface area contributed by atoms with Crippen molar-refractivity contribution < 1.29 is 4.52 Å². The van der Waals surface area contributed by atoms with Gasteiger partial charge in [-0.05, 0) is 31.1 Å². The van der Waals surface area contributed by atoms with Crippen LogP contribution in [0.4, 0.5) is 0 Å². The number of fused-ring (bicyclic) bond motifs is 1. The van der Waals surface area contributed by atoms with Crippen LogP contribution >= 0.6 is 0 Å². The van der Waals surface area contributed by atoms with Gasteiger partial charge in [-0.3, -0.25) is 4.99 Å². The summed E-state index contributed by atoms with van der Waals surface area (Å²) >= 11 is 0. The molecule has 0 aromatic carbocycles. The average molecular weight is 305 g/mol. The first-order valence-corrected chi connectivity index (χ1v) is 8.51. The van der Waals surface area contributed by atoms with E-state index in [0.29, 0.717) is 24.3 Å². The molecular formula is C16H27N5O. The maximum atomic E-state index is 4.98. The SMILES string of the molecule is CN=C(NCc1noc(C)n1)NC1CCC2CCCCC2C1. The highest BCUT2D eigenvalue weighted by atomic mass is 16.5. The maximum Gasteiger partial charge on any atom is 0.223 e. The zero-order chi connectivity index (χ0) is 15.4. The number of nitrogens with one attached hydrogen (secondary N) is 2. The Hall–Kier alpha value is -1.59. The maximum absolute atomic E-state index is 4.98. The third-order valence-corrected chi connectivity index (χ3v) is 5.09. The number of rotatable bonds is 3. The molecule has 1 aromatic heterocycles. The van der Waals surface area contributed by atoms with Crippen LogP contribution in [0.25, 0.3) is 0 Å². The second kappa shape index (κ2) is 7.11. The van der Waals surface area contributed by atoms with Gasteiger partial charge in [-0.1, -0.05) is 30.8 Å². The number of hydrogen-bond donors (Lipinski definition) is 2. The number of aromatic nitrogens is 2. The fraction of sp³-hybridized carbons (Fsp3) is 0.812. The predicted molar refractivity (Wildman–Crippen MR) is 85.5 cm³/mol. The van der Waals surface area contributed by atoms with Crippen molar-refractivity contribution in [2.24, 2.45) is 16.8 Å². The van der Waals surface area contributed by atoms with Crippen LogP contribution in [0.2, 0.25) is 0 Å². The molecule has 0 saturated heterocycles. The summed E-state index contributed by atoms with van der Waals surface area (Å²) in [5.74, 6) is 3.98. The van der Waals surface area contributed by atoms with E-state index in [1.165, 1.54) is 44.9 Å². The molecule has 3 rings (SSSR count). The molecule has 2 N–H and O–H groups in total. The molecule has 1 heterocycles. The van der Waals surface area contributed by atoms with E-state index >= 15 is 0 Å². The Morgan fingerprint density at radius 1 is 1.23 bits per heavy atom. The van der Waals surface area contributed by atoms with Gasteiger partial charge in [-0.25, -0.2) is 0 Å². The lowest BCUT2D eigenvalue weighted by molar-refractivity contribution is 0.150. The minimum absolute atomic E-state index is 0.537. The van der Waals surface area contributed by atoms with E-state index in [1.807, 2.05) is 7.05 Å². The first-order chi connectivity index (χ1) is 10.7. The number of nitrogens with zero attached hydrogens (tertiary/aromatic N) is 3. The molecule has 0 spiro atoms. The van der Waals surface area contributed by atoms with Gasteiger partial charge in [0.1, 0.15) is 0 Å². The van der Waals surface area contributed by atoms with Crippen molar-refractivity contribution in [1.82, 2.24) is 20.8 Å². The molecule has 2 fully saturated rings. The van der Waals surface area contributed by atoms with E-state index < -0.39 is 0 Å². The van der Waals surface area contributed by atoms with Crippen molar-refractivity contribution in [1.29, 1.82) is 0 Å². The number of hydrogen-bond acceptors (Lipinski definition) is 4. The Morgan fingerprint density at radius 2 is 2.05 bits per heavy atom. The first kappa shape index (κ1) is 15.3. The molecule has 0 radical (unpaired) electrons. The van der Waals surface area contributed by atoms with Gasteiger partial charge in [0.15, 0.2) is 11.8 Å². The Labute approximate surface area is 132 Å². The Morgan fingerprint density at radius 3 is 2.77 bits per heavy atom. The largest absolute Gasteiger partial charge is 0.354 e. The van der Waals surface area contributed by atoms with Gasteiger partial charge in [-0.15, -0.1) is 0 Å². The third-order valence-electron chi connectivity index (χ3n) is 5.09. The van der Waals surface area contributed by atoms with E-state index in [0.717, 1.165) is 17.8 Å². The zero-order valence-electron chi connectivity index (χ0n) is 13.6. The van der Waals surface area contributed by atoms with Gasteiger partial charge < -0.3 is 15.2 Å². The van der Waals surface area contributed by atoms with Crippen LogP contribution < -0.4 is 10.6 Å². The van der Waals surface area contributed by atoms with Crippen molar-refractivity contribution in [3.05, 3.63) is 11.7 Å². The molecule has 3 atom stereocenters. The molecule has 6 nitrogen and oxygen atoms in total. The monoisotopic (exact) mass is 305 g/mol. The van der Waals surface area contributed by atoms with E-state index in [1.54, 1.807) is 6.92 Å². The quantitative estimate of drug-likeness (QED) is 0.662. The average Bonchev–Trinajstić information content (AvgIpc) is 2.96. The molecule has 2 aliphatic rings. The lowest BCUT2D eigenvalue weighted by Gasteiger charge is -2.39. The van der Waals surface area contributed by atoms with Crippen molar-refractivity contribution in [3.63, 3.8) is 0 Å². The fourth-order valence-electron chi connectivity index (χ4n) is 3.97. The van der Waals surface area contributed by atoms with Gasteiger partial charge in [0.25, 0.3) is 0 Å². The van der Waals surface area contributed by atoms with Crippen LogP contribution in [0.1, 0.15) is 56.7 Å². The molecule has 122 valence electrons. The normalized spacial score (nSPS) is 29.0. The van der Waals surface area contributed by atoms with Crippen molar-refractivity contribution in [3.8, 4) is 0 Å². The summed E-state index contributed by atoms with van der Waals surface area (Å²) in [6.07, 6.45) is 9.61. The smallest absolute Gasteiger partial charge is 0.223 e. The highest BCUT2D eigenvalue weighted by molar-refractivity contribution is 5.79. The van der Waals surface area contributed by atoms with Crippen molar-refractivity contribution >= 4 is 5.96 Å². The lowest BCUT2D eigenvalue weighted by atomic mass is 9.69. The van der Waals surface area contributed by atoms with Crippen LogP contribution in [-0.2, 0) is 6.54 Å². The van der Waals surface area contributed by atoms with Crippen LogP contribution in [0, 0.1) is 18.8 Å². The topological polar surface area (TPSA) is 75.3 Å². The van der Waals surface area contributed by atoms with E-state index in [2.05, 4.69) is 25.8 Å².